The van der Waals surface area contributed by atoms with Crippen molar-refractivity contribution in [2.24, 2.45) is 0 Å². The summed E-state index contributed by atoms with van der Waals surface area (Å²) in [6.45, 7) is 0.120. The average Bonchev–Trinajstić information content (AvgIpc) is 3.40. The van der Waals surface area contributed by atoms with Crippen LogP contribution in [-0.4, -0.2) is 28.2 Å². The molecule has 0 spiro atoms. The fourth-order valence-electron chi connectivity index (χ4n) is 3.01. The molecule has 1 amide bonds. The smallest absolute Gasteiger partial charge is 0.255 e. The normalized spacial score (nSPS) is 11.3. The molecule has 2 N–H and O–H groups in total. The highest BCUT2D eigenvalue weighted by molar-refractivity contribution is 6.05. The Morgan fingerprint density at radius 3 is 2.87 bits per heavy atom. The largest absolute Gasteiger partial charge is 0.495 e. The number of carbonyl (C=O) groups excluding carboxylic acids is 1. The quantitative estimate of drug-likeness (QED) is 0.502. The highest BCUT2D eigenvalue weighted by atomic mass is 19.1. The molecule has 152 valence electrons. The molecule has 2 aromatic carbocycles. The lowest BCUT2D eigenvalue weighted by Crippen LogP contribution is -2.23. The van der Waals surface area contributed by atoms with Crippen molar-refractivity contribution >= 4 is 29.0 Å². The number of oxazole rings is 1. The molecule has 7 nitrogen and oxygen atoms in total. The number of methoxy groups -OCH3 is 1. The lowest BCUT2D eigenvalue weighted by molar-refractivity contribution is 0.0944. The zero-order chi connectivity index (χ0) is 21.1. The van der Waals surface area contributed by atoms with Crippen LogP contribution in [0.3, 0.4) is 0 Å². The van der Waals surface area contributed by atoms with E-state index in [1.165, 1.54) is 37.8 Å². The van der Waals surface area contributed by atoms with Gasteiger partial charge in [-0.2, -0.15) is 5.10 Å². The summed E-state index contributed by atoms with van der Waals surface area (Å²) in [6, 6.07) is 6.61. The van der Waals surface area contributed by atoms with E-state index in [-0.39, 0.29) is 18.0 Å². The summed E-state index contributed by atoms with van der Waals surface area (Å²) in [6.07, 6.45) is 5.94. The number of carbonyl (C=O) groups is 1. The Bertz CT molecular complexity index is 1230. The van der Waals surface area contributed by atoms with Crippen molar-refractivity contribution in [1.29, 1.82) is 0 Å². The lowest BCUT2D eigenvalue weighted by Gasteiger charge is -2.10. The third-order valence-electron chi connectivity index (χ3n) is 4.43. The van der Waals surface area contributed by atoms with E-state index >= 15 is 0 Å². The average molecular weight is 410 g/mol. The Balaban J connectivity index is 1.67. The van der Waals surface area contributed by atoms with E-state index in [9.17, 15) is 13.6 Å². The van der Waals surface area contributed by atoms with Crippen molar-refractivity contribution in [1.82, 2.24) is 20.5 Å². The number of amides is 1. The topological polar surface area (TPSA) is 93.0 Å². The van der Waals surface area contributed by atoms with Crippen molar-refractivity contribution in [2.75, 3.05) is 7.11 Å². The van der Waals surface area contributed by atoms with Gasteiger partial charge in [-0.15, -0.1) is 0 Å². The molecule has 2 aromatic heterocycles. The number of benzene rings is 2. The number of aromatic nitrogens is 3. The van der Waals surface area contributed by atoms with Gasteiger partial charge in [-0.3, -0.25) is 9.89 Å². The van der Waals surface area contributed by atoms with Gasteiger partial charge in [0, 0.05) is 11.6 Å². The van der Waals surface area contributed by atoms with E-state index in [4.69, 9.17) is 9.15 Å². The standard InChI is InChI=1S/C21H16F2N4O3/c1-29-20-14(21(28)25-11-18-24-8-9-30-18)5-7-17-19(20)16(26-27-17)6-3-12-2-4-13(22)10-15(12)23/h2-10H,11H2,1H3,(H,25,28)(H,26,27). The van der Waals surface area contributed by atoms with Crippen LogP contribution in [0.2, 0.25) is 0 Å². The number of aromatic amines is 1. The van der Waals surface area contributed by atoms with Crippen molar-refractivity contribution in [2.45, 2.75) is 6.54 Å². The third kappa shape index (κ3) is 3.77. The molecule has 0 atom stereocenters. The molecule has 0 bridgehead atoms. The minimum Gasteiger partial charge on any atom is -0.495 e. The fraction of sp³-hybridized carbons (Fsp3) is 0.0952. The molecule has 0 aliphatic carbocycles. The second kappa shape index (κ2) is 8.16. The molecular formula is C21H16F2N4O3. The molecule has 0 unspecified atom stereocenters. The maximum atomic E-state index is 13.9. The summed E-state index contributed by atoms with van der Waals surface area (Å²) >= 11 is 0. The van der Waals surface area contributed by atoms with Crippen molar-refractivity contribution in [3.8, 4) is 5.75 Å². The summed E-state index contributed by atoms with van der Waals surface area (Å²) in [5, 5.41) is 10.3. The van der Waals surface area contributed by atoms with Crippen molar-refractivity contribution in [3.05, 3.63) is 77.1 Å². The number of rotatable bonds is 6. The van der Waals surface area contributed by atoms with Gasteiger partial charge in [0.15, 0.2) is 0 Å². The molecular weight excluding hydrogens is 394 g/mol. The molecule has 0 saturated carbocycles. The van der Waals surface area contributed by atoms with Crippen LogP contribution in [0.1, 0.15) is 27.5 Å². The van der Waals surface area contributed by atoms with Crippen LogP contribution in [0, 0.1) is 11.6 Å². The third-order valence-corrected chi connectivity index (χ3v) is 4.43. The zero-order valence-electron chi connectivity index (χ0n) is 15.8. The fourth-order valence-corrected chi connectivity index (χ4v) is 3.01. The lowest BCUT2D eigenvalue weighted by atomic mass is 10.1. The predicted octanol–water partition coefficient (Wildman–Crippen LogP) is 3.94. The molecule has 0 radical (unpaired) electrons. The highest BCUT2D eigenvalue weighted by Gasteiger charge is 2.19. The summed E-state index contributed by atoms with van der Waals surface area (Å²) < 4.78 is 37.6. The number of nitrogens with zero attached hydrogens (tertiary/aromatic N) is 2. The molecule has 0 aliphatic rings. The Morgan fingerprint density at radius 1 is 1.27 bits per heavy atom. The van der Waals surface area contributed by atoms with Crippen LogP contribution in [-0.2, 0) is 6.54 Å². The zero-order valence-corrected chi connectivity index (χ0v) is 15.8. The first kappa shape index (κ1) is 19.3. The molecule has 0 aliphatic heterocycles. The van der Waals surface area contributed by atoms with Gasteiger partial charge in [0.25, 0.3) is 5.91 Å². The molecule has 0 saturated heterocycles. The van der Waals surface area contributed by atoms with Crippen molar-refractivity contribution < 1.29 is 22.7 Å². The van der Waals surface area contributed by atoms with Gasteiger partial charge in [0.2, 0.25) is 5.89 Å². The molecule has 0 fully saturated rings. The van der Waals surface area contributed by atoms with E-state index in [0.29, 0.717) is 33.8 Å². The Labute approximate surface area is 169 Å². The molecule has 9 heteroatoms. The number of hydrogen-bond donors (Lipinski definition) is 2. The van der Waals surface area contributed by atoms with Crippen LogP contribution in [0.25, 0.3) is 23.1 Å². The Hall–Kier alpha value is -4.01. The Kier molecular flexibility index (Phi) is 5.25. The van der Waals surface area contributed by atoms with Crippen LogP contribution in [0.4, 0.5) is 8.78 Å². The van der Waals surface area contributed by atoms with Gasteiger partial charge in [-0.25, -0.2) is 13.8 Å². The van der Waals surface area contributed by atoms with Crippen molar-refractivity contribution in [3.63, 3.8) is 0 Å². The van der Waals surface area contributed by atoms with E-state index in [1.807, 2.05) is 0 Å². The summed E-state index contributed by atoms with van der Waals surface area (Å²) in [7, 11) is 1.44. The predicted molar refractivity (Wildman–Crippen MR) is 106 cm³/mol. The number of ether oxygens (including phenoxy) is 1. The van der Waals surface area contributed by atoms with E-state index < -0.39 is 11.6 Å². The van der Waals surface area contributed by atoms with Crippen LogP contribution >= 0.6 is 0 Å². The van der Waals surface area contributed by atoms with E-state index in [2.05, 4.69) is 20.5 Å². The van der Waals surface area contributed by atoms with Crippen LogP contribution in [0.15, 0.2) is 47.2 Å². The second-order valence-electron chi connectivity index (χ2n) is 6.29. The van der Waals surface area contributed by atoms with Crippen LogP contribution in [0.5, 0.6) is 5.75 Å². The van der Waals surface area contributed by atoms with Gasteiger partial charge < -0.3 is 14.5 Å². The van der Waals surface area contributed by atoms with E-state index in [1.54, 1.807) is 18.2 Å². The summed E-state index contributed by atoms with van der Waals surface area (Å²) in [5.74, 6) is -1.05. The molecule has 4 rings (SSSR count). The maximum Gasteiger partial charge on any atom is 0.255 e. The number of fused-ring (bicyclic) bond motifs is 1. The number of halogens is 2. The van der Waals surface area contributed by atoms with Gasteiger partial charge in [-0.1, -0.05) is 0 Å². The first-order valence-electron chi connectivity index (χ1n) is 8.91. The van der Waals surface area contributed by atoms with Gasteiger partial charge in [0.1, 0.15) is 23.6 Å². The monoisotopic (exact) mass is 410 g/mol. The van der Waals surface area contributed by atoms with Gasteiger partial charge in [0.05, 0.1) is 42.0 Å². The number of nitrogens with one attached hydrogen (secondary N) is 2. The van der Waals surface area contributed by atoms with Gasteiger partial charge in [-0.05, 0) is 36.4 Å². The second-order valence-corrected chi connectivity index (χ2v) is 6.29. The molecule has 2 heterocycles. The van der Waals surface area contributed by atoms with Crippen LogP contribution < -0.4 is 10.1 Å². The first-order chi connectivity index (χ1) is 14.6. The minimum atomic E-state index is -0.690. The minimum absolute atomic E-state index is 0.120. The Morgan fingerprint density at radius 2 is 2.13 bits per heavy atom. The van der Waals surface area contributed by atoms with Gasteiger partial charge >= 0.3 is 0 Å². The molecule has 30 heavy (non-hydrogen) atoms. The summed E-state index contributed by atoms with van der Waals surface area (Å²) in [5.41, 5.74) is 1.56. The summed E-state index contributed by atoms with van der Waals surface area (Å²) in [4.78, 5) is 16.6. The highest BCUT2D eigenvalue weighted by Crippen LogP contribution is 2.32. The first-order valence-corrected chi connectivity index (χ1v) is 8.91. The molecule has 4 aromatic rings. The van der Waals surface area contributed by atoms with E-state index in [0.717, 1.165) is 6.07 Å². The number of H-pyrrole nitrogens is 1. The maximum absolute atomic E-state index is 13.9. The SMILES string of the molecule is COc1c(C(=O)NCc2ncco2)ccc2[nH]nc(C=Cc3ccc(F)cc3F)c12. The number of hydrogen-bond acceptors (Lipinski definition) is 5.